The second-order valence-electron chi connectivity index (χ2n) is 4.67. The molecule has 1 amide bonds. The van der Waals surface area contributed by atoms with E-state index in [1.807, 2.05) is 48.2 Å². The van der Waals surface area contributed by atoms with Crippen LogP contribution in [0.4, 0.5) is 11.4 Å². The van der Waals surface area contributed by atoms with Crippen LogP contribution in [-0.4, -0.2) is 32.3 Å². The molecule has 1 aromatic rings. The highest BCUT2D eigenvalue weighted by Gasteiger charge is 2.29. The Balaban J connectivity index is 2.15. The summed E-state index contributed by atoms with van der Waals surface area (Å²) in [6.07, 6.45) is 0.624. The number of hydrogen-bond acceptors (Lipinski definition) is 3. The van der Waals surface area contributed by atoms with Gasteiger partial charge in [-0.3, -0.25) is 4.79 Å². The van der Waals surface area contributed by atoms with E-state index >= 15 is 0 Å². The van der Waals surface area contributed by atoms with Crippen molar-refractivity contribution in [1.82, 2.24) is 0 Å². The lowest BCUT2D eigenvalue weighted by Gasteiger charge is -2.18. The van der Waals surface area contributed by atoms with Crippen LogP contribution >= 0.6 is 12.6 Å². The quantitative estimate of drug-likeness (QED) is 0.830. The van der Waals surface area contributed by atoms with Crippen LogP contribution in [0.25, 0.3) is 0 Å². The maximum atomic E-state index is 11.8. The fourth-order valence-corrected chi connectivity index (χ4v) is 2.33. The van der Waals surface area contributed by atoms with Crippen molar-refractivity contribution in [3.8, 4) is 0 Å². The van der Waals surface area contributed by atoms with Gasteiger partial charge >= 0.3 is 0 Å². The molecule has 1 fully saturated rings. The first-order valence-electron chi connectivity index (χ1n) is 5.80. The van der Waals surface area contributed by atoms with Crippen molar-refractivity contribution in [2.75, 3.05) is 36.2 Å². The average Bonchev–Trinajstić information content (AvgIpc) is 2.71. The summed E-state index contributed by atoms with van der Waals surface area (Å²) in [6, 6.07) is 8.09. The summed E-state index contributed by atoms with van der Waals surface area (Å²) >= 11 is 4.27. The maximum Gasteiger partial charge on any atom is 0.227 e. The van der Waals surface area contributed by atoms with E-state index in [1.54, 1.807) is 0 Å². The lowest BCUT2D eigenvalue weighted by atomic mass is 10.1. The summed E-state index contributed by atoms with van der Waals surface area (Å²) in [6.45, 7) is 0.795. The van der Waals surface area contributed by atoms with Gasteiger partial charge in [0.05, 0.1) is 0 Å². The Labute approximate surface area is 108 Å². The van der Waals surface area contributed by atoms with Gasteiger partial charge in [0, 0.05) is 38.4 Å². The highest BCUT2D eigenvalue weighted by Crippen LogP contribution is 2.27. The highest BCUT2D eigenvalue weighted by atomic mass is 32.1. The molecule has 0 radical (unpaired) electrons. The van der Waals surface area contributed by atoms with Gasteiger partial charge in [-0.05, 0) is 35.9 Å². The van der Waals surface area contributed by atoms with Crippen molar-refractivity contribution >= 4 is 29.9 Å². The van der Waals surface area contributed by atoms with Crippen LogP contribution in [-0.2, 0) is 4.79 Å². The Hall–Kier alpha value is -1.16. The molecule has 1 aliphatic rings. The van der Waals surface area contributed by atoms with Gasteiger partial charge in [0.2, 0.25) is 5.91 Å². The molecule has 1 atom stereocenters. The molecule has 0 saturated carbocycles. The van der Waals surface area contributed by atoms with E-state index in [-0.39, 0.29) is 5.91 Å². The molecule has 3 nitrogen and oxygen atoms in total. The number of thiol groups is 1. The third kappa shape index (κ3) is 2.57. The number of amides is 1. The zero-order chi connectivity index (χ0) is 12.4. The summed E-state index contributed by atoms with van der Waals surface area (Å²) in [7, 11) is 4.01. The number of benzene rings is 1. The topological polar surface area (TPSA) is 23.6 Å². The van der Waals surface area contributed by atoms with E-state index in [9.17, 15) is 4.79 Å². The minimum absolute atomic E-state index is 0.210. The number of carbonyl (C=O) groups excluding carboxylic acids is 1. The van der Waals surface area contributed by atoms with Crippen molar-refractivity contribution in [3.63, 3.8) is 0 Å². The second-order valence-corrected chi connectivity index (χ2v) is 5.03. The van der Waals surface area contributed by atoms with Crippen LogP contribution in [0.3, 0.4) is 0 Å². The number of nitrogens with zero attached hydrogens (tertiary/aromatic N) is 2. The van der Waals surface area contributed by atoms with Crippen molar-refractivity contribution in [1.29, 1.82) is 0 Å². The number of carbonyl (C=O) groups is 1. The molecule has 0 spiro atoms. The van der Waals surface area contributed by atoms with E-state index in [0.717, 1.165) is 23.7 Å². The molecular formula is C13H18N2OS. The van der Waals surface area contributed by atoms with E-state index in [2.05, 4.69) is 12.6 Å². The van der Waals surface area contributed by atoms with Crippen molar-refractivity contribution < 1.29 is 4.79 Å². The molecule has 1 unspecified atom stereocenters. The first kappa shape index (κ1) is 12.3. The van der Waals surface area contributed by atoms with Crippen LogP contribution in [0.2, 0.25) is 0 Å². The van der Waals surface area contributed by atoms with E-state index < -0.39 is 0 Å². The van der Waals surface area contributed by atoms with Gasteiger partial charge in [0.25, 0.3) is 0 Å². The van der Waals surface area contributed by atoms with Crippen LogP contribution in [0, 0.1) is 5.92 Å². The van der Waals surface area contributed by atoms with Crippen molar-refractivity contribution in [3.05, 3.63) is 24.3 Å². The summed E-state index contributed by atoms with van der Waals surface area (Å²) in [4.78, 5) is 15.8. The largest absolute Gasteiger partial charge is 0.378 e. The zero-order valence-electron chi connectivity index (χ0n) is 10.3. The Morgan fingerprint density at radius 1 is 1.35 bits per heavy atom. The van der Waals surface area contributed by atoms with Gasteiger partial charge < -0.3 is 9.80 Å². The zero-order valence-corrected chi connectivity index (χ0v) is 11.2. The fourth-order valence-electron chi connectivity index (χ4n) is 2.08. The van der Waals surface area contributed by atoms with Gasteiger partial charge in [-0.25, -0.2) is 0 Å². The van der Waals surface area contributed by atoms with Crippen LogP contribution < -0.4 is 9.80 Å². The Kier molecular flexibility index (Phi) is 3.62. The van der Waals surface area contributed by atoms with Gasteiger partial charge in [-0.1, -0.05) is 0 Å². The SMILES string of the molecule is CN(C)c1ccc(N2CC(CS)CC2=O)cc1. The minimum atomic E-state index is 0.210. The monoisotopic (exact) mass is 250 g/mol. The predicted octanol–water partition coefficient (Wildman–Crippen LogP) is 2.04. The molecule has 0 aliphatic carbocycles. The molecule has 1 aliphatic heterocycles. The Morgan fingerprint density at radius 2 is 2.00 bits per heavy atom. The molecule has 0 bridgehead atoms. The second kappa shape index (κ2) is 5.00. The minimum Gasteiger partial charge on any atom is -0.378 e. The average molecular weight is 250 g/mol. The van der Waals surface area contributed by atoms with E-state index in [1.165, 1.54) is 0 Å². The summed E-state index contributed by atoms with van der Waals surface area (Å²) < 4.78 is 0. The molecule has 1 aromatic carbocycles. The number of rotatable bonds is 3. The third-order valence-corrected chi connectivity index (χ3v) is 3.66. The van der Waals surface area contributed by atoms with E-state index in [4.69, 9.17) is 0 Å². The molecule has 0 N–H and O–H groups in total. The van der Waals surface area contributed by atoms with Gasteiger partial charge in [-0.15, -0.1) is 0 Å². The first-order chi connectivity index (χ1) is 8.11. The molecule has 1 heterocycles. The van der Waals surface area contributed by atoms with Gasteiger partial charge in [0.1, 0.15) is 0 Å². The van der Waals surface area contributed by atoms with E-state index in [0.29, 0.717) is 12.3 Å². The molecule has 17 heavy (non-hydrogen) atoms. The summed E-state index contributed by atoms with van der Waals surface area (Å²) in [5, 5.41) is 0. The van der Waals surface area contributed by atoms with Gasteiger partial charge in [0.15, 0.2) is 0 Å². The molecule has 4 heteroatoms. The standard InChI is InChI=1S/C13H18N2OS/c1-14(2)11-3-5-12(6-4-11)15-8-10(9-17)7-13(15)16/h3-6,10,17H,7-9H2,1-2H3. The third-order valence-electron chi connectivity index (χ3n) is 3.14. The lowest BCUT2D eigenvalue weighted by Crippen LogP contribution is -2.24. The smallest absolute Gasteiger partial charge is 0.227 e. The lowest BCUT2D eigenvalue weighted by molar-refractivity contribution is -0.117. The molecule has 2 rings (SSSR count). The van der Waals surface area contributed by atoms with Crippen LogP contribution in [0.5, 0.6) is 0 Å². The summed E-state index contributed by atoms with van der Waals surface area (Å²) in [5.74, 6) is 1.37. The maximum absolute atomic E-state index is 11.8. The molecule has 0 aromatic heterocycles. The van der Waals surface area contributed by atoms with Crippen molar-refractivity contribution in [2.24, 2.45) is 5.92 Å². The number of anilines is 2. The van der Waals surface area contributed by atoms with Crippen LogP contribution in [0.1, 0.15) is 6.42 Å². The summed E-state index contributed by atoms with van der Waals surface area (Å²) in [5.41, 5.74) is 2.14. The fraction of sp³-hybridized carbons (Fsp3) is 0.462. The number of hydrogen-bond donors (Lipinski definition) is 1. The van der Waals surface area contributed by atoms with Gasteiger partial charge in [-0.2, -0.15) is 12.6 Å². The Bertz CT molecular complexity index is 402. The van der Waals surface area contributed by atoms with Crippen LogP contribution in [0.15, 0.2) is 24.3 Å². The highest BCUT2D eigenvalue weighted by molar-refractivity contribution is 7.80. The normalized spacial score (nSPS) is 19.8. The molecular weight excluding hydrogens is 232 g/mol. The molecule has 1 saturated heterocycles. The Morgan fingerprint density at radius 3 is 2.47 bits per heavy atom. The van der Waals surface area contributed by atoms with Crippen molar-refractivity contribution in [2.45, 2.75) is 6.42 Å². The molecule has 92 valence electrons. The first-order valence-corrected chi connectivity index (χ1v) is 6.43. The predicted molar refractivity (Wildman–Crippen MR) is 75.1 cm³/mol.